The Kier molecular flexibility index (Phi) is 17.1. The van der Waals surface area contributed by atoms with Gasteiger partial charge >= 0.3 is 0 Å². The molecule has 0 radical (unpaired) electrons. The fourth-order valence-corrected chi connectivity index (χ4v) is 8.43. The molecule has 3 rings (SSSR count). The minimum atomic E-state index is -2.63. The Bertz CT molecular complexity index is 1630. The second-order valence-electron chi connectivity index (χ2n) is 18.6. The van der Waals surface area contributed by atoms with Crippen LogP contribution in [0.25, 0.3) is 0 Å². The predicted molar refractivity (Wildman–Crippen MR) is 236 cm³/mol. The Labute approximate surface area is 350 Å². The number of benzene rings is 3. The van der Waals surface area contributed by atoms with Gasteiger partial charge in [0, 0.05) is 5.41 Å². The van der Waals surface area contributed by atoms with Crippen molar-refractivity contribution in [2.75, 3.05) is 13.7 Å². The second kappa shape index (κ2) is 19.8. The summed E-state index contributed by atoms with van der Waals surface area (Å²) in [5.74, 6) is 0.268. The van der Waals surface area contributed by atoms with Crippen LogP contribution < -0.4 is 4.74 Å². The standard InChI is InChI=1S/C45H68Cl2O7Si2/c1-42(2,3)55(11,12)53-32-37(50-29-33-21-17-15-18-22-33)40(52-31-35-25-27-36(49-10)28-26-35)44(7,8)41(54-56(13,14)43(4,5)6)38(39(48)45(9,46)47)51-30-34-23-19-16-20-24-34/h15-28,37-38,40-41H,29-32H2,1-14H3/t37-,38-,40-,41-/m0/s1. The number of rotatable bonds is 21. The van der Waals surface area contributed by atoms with Crippen molar-refractivity contribution < 1.29 is 32.6 Å². The highest BCUT2D eigenvalue weighted by Crippen LogP contribution is 2.45. The Morgan fingerprint density at radius 1 is 0.607 bits per heavy atom. The zero-order chi connectivity index (χ0) is 42.2. The van der Waals surface area contributed by atoms with Crippen LogP contribution in [0.5, 0.6) is 5.75 Å². The number of hydrogen-bond donors (Lipinski definition) is 0. The number of alkyl halides is 2. The van der Waals surface area contributed by atoms with Gasteiger partial charge in [0.1, 0.15) is 18.0 Å². The average Bonchev–Trinajstić information content (AvgIpc) is 3.11. The highest BCUT2D eigenvalue weighted by molar-refractivity contribution is 6.74. The molecule has 0 saturated carbocycles. The first kappa shape index (κ1) is 48.3. The van der Waals surface area contributed by atoms with E-state index in [4.69, 9.17) is 51.0 Å². The Hall–Kier alpha value is -2.06. The molecule has 0 aliphatic rings. The molecule has 0 unspecified atom stereocenters. The smallest absolute Gasteiger partial charge is 0.199 e. The summed E-state index contributed by atoms with van der Waals surface area (Å²) in [7, 11) is -3.25. The molecule has 0 aliphatic heterocycles. The van der Waals surface area contributed by atoms with Crippen molar-refractivity contribution in [3.8, 4) is 5.75 Å². The SMILES string of the molecule is COc1ccc(CO[C@@H]([C@H](CO[Si](C)(C)C(C)(C)C)OCc2ccccc2)C(C)(C)[C@@H](O[Si](C)(C)C(C)(C)C)[C@@H](OCc2ccccc2)C(=O)C(C)(Cl)Cl)cc1. The number of carbonyl (C=O) groups excluding carboxylic acids is 1. The van der Waals surface area contributed by atoms with Crippen molar-refractivity contribution in [1.29, 1.82) is 0 Å². The predicted octanol–water partition coefficient (Wildman–Crippen LogP) is 12.0. The number of hydrogen-bond acceptors (Lipinski definition) is 7. The van der Waals surface area contributed by atoms with Crippen molar-refractivity contribution in [2.45, 2.75) is 147 Å². The van der Waals surface area contributed by atoms with Crippen LogP contribution in [0.4, 0.5) is 0 Å². The fraction of sp³-hybridized carbons (Fsp3) is 0.578. The first-order valence-electron chi connectivity index (χ1n) is 19.6. The largest absolute Gasteiger partial charge is 0.497 e. The lowest BCUT2D eigenvalue weighted by Crippen LogP contribution is -2.62. The molecular formula is C45H68Cl2O7Si2. The molecule has 0 saturated heterocycles. The van der Waals surface area contributed by atoms with Crippen LogP contribution in [0.2, 0.25) is 36.3 Å². The van der Waals surface area contributed by atoms with Crippen LogP contribution in [0.1, 0.15) is 79.0 Å². The molecule has 0 spiro atoms. The topological polar surface area (TPSA) is 72.5 Å². The van der Waals surface area contributed by atoms with Crippen LogP contribution >= 0.6 is 23.2 Å². The maximum atomic E-state index is 14.6. The van der Waals surface area contributed by atoms with Gasteiger partial charge < -0.3 is 27.8 Å². The van der Waals surface area contributed by atoms with E-state index in [1.807, 2.05) is 84.9 Å². The molecule has 0 aliphatic carbocycles. The molecule has 7 nitrogen and oxygen atoms in total. The van der Waals surface area contributed by atoms with E-state index >= 15 is 0 Å². The third-order valence-electron chi connectivity index (χ3n) is 11.6. The summed E-state index contributed by atoms with van der Waals surface area (Å²) in [4.78, 5) is 14.6. The Balaban J connectivity index is 2.27. The summed E-state index contributed by atoms with van der Waals surface area (Å²) in [6.45, 7) is 28.6. The van der Waals surface area contributed by atoms with E-state index in [9.17, 15) is 4.79 Å². The third-order valence-corrected chi connectivity index (χ3v) is 20.9. The maximum absolute atomic E-state index is 14.6. The third kappa shape index (κ3) is 13.5. The molecule has 3 aromatic rings. The second-order valence-corrected chi connectivity index (χ2v) is 29.8. The van der Waals surface area contributed by atoms with E-state index in [2.05, 4.69) is 81.6 Å². The van der Waals surface area contributed by atoms with Gasteiger partial charge in [-0.3, -0.25) is 4.79 Å². The molecule has 56 heavy (non-hydrogen) atoms. The number of ketones is 1. The summed E-state index contributed by atoms with van der Waals surface area (Å²) in [6, 6.07) is 27.6. The summed E-state index contributed by atoms with van der Waals surface area (Å²) in [6.07, 6.45) is -3.30. The lowest BCUT2D eigenvalue weighted by Gasteiger charge is -2.50. The van der Waals surface area contributed by atoms with Crippen LogP contribution in [0.3, 0.4) is 0 Å². The molecule has 0 bridgehead atoms. The summed E-state index contributed by atoms with van der Waals surface area (Å²) in [5.41, 5.74) is 1.91. The molecule has 0 heterocycles. The molecule has 3 aromatic carbocycles. The average molecular weight is 848 g/mol. The zero-order valence-corrected chi connectivity index (χ0v) is 39.8. The fourth-order valence-electron chi connectivity index (χ4n) is 5.79. The van der Waals surface area contributed by atoms with Crippen LogP contribution in [0, 0.1) is 5.41 Å². The molecule has 312 valence electrons. The van der Waals surface area contributed by atoms with Gasteiger partial charge in [-0.15, -0.1) is 0 Å². The lowest BCUT2D eigenvalue weighted by molar-refractivity contribution is -0.190. The van der Waals surface area contributed by atoms with Gasteiger partial charge in [-0.25, -0.2) is 0 Å². The van der Waals surface area contributed by atoms with Gasteiger partial charge in [0.25, 0.3) is 0 Å². The van der Waals surface area contributed by atoms with Crippen molar-refractivity contribution >= 4 is 45.6 Å². The molecule has 4 atom stereocenters. The molecule has 0 amide bonds. The normalized spacial score (nSPS) is 15.6. The van der Waals surface area contributed by atoms with E-state index in [-0.39, 0.29) is 29.9 Å². The number of Topliss-reactive ketones (excluding diaryl/α,β-unsaturated/α-hetero) is 1. The van der Waals surface area contributed by atoms with Gasteiger partial charge in [0.15, 0.2) is 26.8 Å². The summed E-state index contributed by atoms with van der Waals surface area (Å²) in [5, 5.41) is -0.262. The molecule has 0 N–H and O–H groups in total. The monoisotopic (exact) mass is 846 g/mol. The summed E-state index contributed by atoms with van der Waals surface area (Å²) >= 11 is 13.4. The van der Waals surface area contributed by atoms with Crippen molar-refractivity contribution in [3.63, 3.8) is 0 Å². The van der Waals surface area contributed by atoms with Gasteiger partial charge in [-0.1, -0.05) is 151 Å². The van der Waals surface area contributed by atoms with Crippen LogP contribution in [-0.4, -0.2) is 64.9 Å². The number of carbonyl (C=O) groups is 1. The Morgan fingerprint density at radius 3 is 1.50 bits per heavy atom. The molecule has 0 fully saturated rings. The van der Waals surface area contributed by atoms with Gasteiger partial charge in [0.2, 0.25) is 0 Å². The maximum Gasteiger partial charge on any atom is 0.199 e. The Morgan fingerprint density at radius 2 is 1.05 bits per heavy atom. The quantitative estimate of drug-likeness (QED) is 0.0781. The van der Waals surface area contributed by atoms with E-state index in [0.717, 1.165) is 22.4 Å². The van der Waals surface area contributed by atoms with Gasteiger partial charge in [-0.05, 0) is 72.0 Å². The zero-order valence-electron chi connectivity index (χ0n) is 36.3. The molecule has 0 aromatic heterocycles. The minimum absolute atomic E-state index is 0.0477. The molecule has 11 heteroatoms. The van der Waals surface area contributed by atoms with Gasteiger partial charge in [0.05, 0.1) is 45.7 Å². The molecular weight excluding hydrogens is 780 g/mol. The number of methoxy groups -OCH3 is 1. The first-order chi connectivity index (χ1) is 25.8. The van der Waals surface area contributed by atoms with Crippen molar-refractivity contribution in [3.05, 3.63) is 102 Å². The summed E-state index contributed by atoms with van der Waals surface area (Å²) < 4.78 is 38.7. The van der Waals surface area contributed by atoms with Crippen LogP contribution in [-0.2, 0) is 47.7 Å². The van der Waals surface area contributed by atoms with E-state index in [1.54, 1.807) is 7.11 Å². The van der Waals surface area contributed by atoms with E-state index in [1.165, 1.54) is 6.92 Å². The first-order valence-corrected chi connectivity index (χ1v) is 26.2. The van der Waals surface area contributed by atoms with E-state index in [0.29, 0.717) is 6.61 Å². The number of ether oxygens (including phenoxy) is 4. The van der Waals surface area contributed by atoms with E-state index < -0.39 is 56.6 Å². The highest BCUT2D eigenvalue weighted by Gasteiger charge is 2.55. The van der Waals surface area contributed by atoms with Crippen LogP contribution in [0.15, 0.2) is 84.9 Å². The highest BCUT2D eigenvalue weighted by atomic mass is 35.5. The van der Waals surface area contributed by atoms with Crippen molar-refractivity contribution in [1.82, 2.24) is 0 Å². The minimum Gasteiger partial charge on any atom is -0.497 e. The van der Waals surface area contributed by atoms with Crippen molar-refractivity contribution in [2.24, 2.45) is 5.41 Å². The number of halogens is 2. The van der Waals surface area contributed by atoms with Gasteiger partial charge in [-0.2, -0.15) is 0 Å². The lowest BCUT2D eigenvalue weighted by atomic mass is 9.75.